The van der Waals surface area contributed by atoms with Gasteiger partial charge < -0.3 is 29.6 Å². The van der Waals surface area contributed by atoms with Crippen molar-refractivity contribution >= 4 is 43.6 Å². The molecule has 39 heavy (non-hydrogen) atoms. The van der Waals surface area contributed by atoms with E-state index in [0.29, 0.717) is 51.4 Å². The molecule has 0 fully saturated rings. The van der Waals surface area contributed by atoms with Crippen LogP contribution in [0.5, 0.6) is 17.2 Å². The molecule has 5 aromatic rings. The van der Waals surface area contributed by atoms with Crippen molar-refractivity contribution in [2.24, 2.45) is 0 Å². The van der Waals surface area contributed by atoms with Gasteiger partial charge in [-0.25, -0.2) is 4.98 Å². The van der Waals surface area contributed by atoms with Gasteiger partial charge in [0.2, 0.25) is 5.75 Å². The smallest absolute Gasteiger partial charge is 0.252 e. The van der Waals surface area contributed by atoms with Gasteiger partial charge in [0.25, 0.3) is 5.91 Å². The number of aromatic nitrogens is 2. The molecule has 8 nitrogen and oxygen atoms in total. The topological polar surface area (TPSA) is 106 Å². The molecule has 200 valence electrons. The number of pyridine rings is 1. The van der Waals surface area contributed by atoms with E-state index in [0.717, 1.165) is 20.9 Å². The van der Waals surface area contributed by atoms with Crippen molar-refractivity contribution in [1.29, 1.82) is 0 Å². The second kappa shape index (κ2) is 11.3. The summed E-state index contributed by atoms with van der Waals surface area (Å²) in [5.41, 5.74) is 4.36. The molecule has 1 unspecified atom stereocenters. The highest BCUT2D eigenvalue weighted by Crippen LogP contribution is 2.41. The van der Waals surface area contributed by atoms with Crippen LogP contribution in [-0.4, -0.2) is 55.0 Å². The van der Waals surface area contributed by atoms with Crippen LogP contribution in [-0.2, 0) is 6.42 Å². The molecule has 0 aliphatic rings. The Kier molecular flexibility index (Phi) is 7.72. The van der Waals surface area contributed by atoms with Crippen LogP contribution >= 0.6 is 15.9 Å². The predicted octanol–water partition coefficient (Wildman–Crippen LogP) is 5.50. The average molecular weight is 590 g/mol. The quantitative estimate of drug-likeness (QED) is 0.209. The minimum Gasteiger partial charge on any atom is -0.493 e. The molecule has 0 bridgehead atoms. The normalized spacial score (nSPS) is 11.9. The van der Waals surface area contributed by atoms with E-state index in [-0.39, 0.29) is 12.5 Å². The summed E-state index contributed by atoms with van der Waals surface area (Å²) >= 11 is 3.51. The lowest BCUT2D eigenvalue weighted by Crippen LogP contribution is -2.39. The van der Waals surface area contributed by atoms with E-state index in [1.807, 2.05) is 48.7 Å². The Balaban J connectivity index is 1.54. The monoisotopic (exact) mass is 589 g/mol. The van der Waals surface area contributed by atoms with Gasteiger partial charge in [-0.15, -0.1) is 0 Å². The summed E-state index contributed by atoms with van der Waals surface area (Å²) in [6.45, 7) is -0.211. The van der Waals surface area contributed by atoms with E-state index in [1.165, 1.54) is 0 Å². The zero-order valence-corrected chi connectivity index (χ0v) is 23.3. The van der Waals surface area contributed by atoms with Crippen LogP contribution in [0.2, 0.25) is 0 Å². The minimum atomic E-state index is -0.489. The second-order valence-electron chi connectivity index (χ2n) is 9.05. The number of aliphatic hydroxyl groups is 1. The first-order valence-electron chi connectivity index (χ1n) is 12.3. The van der Waals surface area contributed by atoms with E-state index >= 15 is 0 Å². The number of H-pyrrole nitrogens is 1. The number of hydrogen-bond donors (Lipinski definition) is 3. The number of benzene rings is 3. The molecule has 1 amide bonds. The van der Waals surface area contributed by atoms with Crippen molar-refractivity contribution in [2.75, 3.05) is 27.9 Å². The third-order valence-electron chi connectivity index (χ3n) is 6.67. The highest BCUT2D eigenvalue weighted by Gasteiger charge is 2.21. The predicted molar refractivity (Wildman–Crippen MR) is 155 cm³/mol. The summed E-state index contributed by atoms with van der Waals surface area (Å²) in [6.07, 6.45) is 2.39. The van der Waals surface area contributed by atoms with E-state index < -0.39 is 6.04 Å². The summed E-state index contributed by atoms with van der Waals surface area (Å²) in [5.74, 6) is 1.12. The molecular formula is C30H28BrN3O5. The number of fused-ring (bicyclic) bond motifs is 2. The molecule has 0 aliphatic heterocycles. The van der Waals surface area contributed by atoms with E-state index in [4.69, 9.17) is 19.2 Å². The number of carbonyl (C=O) groups is 1. The lowest BCUT2D eigenvalue weighted by molar-refractivity contribution is 0.0918. The second-order valence-corrected chi connectivity index (χ2v) is 9.96. The SMILES string of the molecule is COc1cc(-c2cc(C(=O)NC(CO)Cc3c[nH]c4ccccc34)c3cc(Br)ccc3n2)cc(OC)c1OC. The number of para-hydroxylation sites is 1. The van der Waals surface area contributed by atoms with Crippen LogP contribution in [0.15, 0.2) is 71.3 Å². The van der Waals surface area contributed by atoms with Crippen molar-refractivity contribution in [3.05, 3.63) is 82.5 Å². The highest BCUT2D eigenvalue weighted by atomic mass is 79.9. The van der Waals surface area contributed by atoms with Crippen LogP contribution in [0.25, 0.3) is 33.1 Å². The Hall–Kier alpha value is -4.08. The molecule has 3 N–H and O–H groups in total. The van der Waals surface area contributed by atoms with Crippen molar-refractivity contribution in [2.45, 2.75) is 12.5 Å². The molecule has 5 rings (SSSR count). The lowest BCUT2D eigenvalue weighted by Gasteiger charge is -2.18. The summed E-state index contributed by atoms with van der Waals surface area (Å²) in [7, 11) is 4.64. The summed E-state index contributed by atoms with van der Waals surface area (Å²) in [6, 6.07) is 18.4. The maximum absolute atomic E-state index is 13.7. The first-order chi connectivity index (χ1) is 18.9. The third-order valence-corrected chi connectivity index (χ3v) is 7.17. The van der Waals surface area contributed by atoms with Crippen molar-refractivity contribution in [1.82, 2.24) is 15.3 Å². The van der Waals surface area contributed by atoms with E-state index in [1.54, 1.807) is 39.5 Å². The first-order valence-corrected chi connectivity index (χ1v) is 13.1. The summed E-state index contributed by atoms with van der Waals surface area (Å²) in [5, 5.41) is 14.9. The van der Waals surface area contributed by atoms with Gasteiger partial charge in [0.05, 0.1) is 50.8 Å². The Labute approximate surface area is 234 Å². The fourth-order valence-corrected chi connectivity index (χ4v) is 5.11. The molecule has 0 aliphatic carbocycles. The van der Waals surface area contributed by atoms with Gasteiger partial charge in [-0.1, -0.05) is 34.1 Å². The van der Waals surface area contributed by atoms with Crippen LogP contribution in [0, 0.1) is 0 Å². The molecule has 0 spiro atoms. The largest absolute Gasteiger partial charge is 0.493 e. The molecule has 0 radical (unpaired) electrons. The van der Waals surface area contributed by atoms with Gasteiger partial charge in [-0.05, 0) is 54.4 Å². The number of ether oxygens (including phenoxy) is 3. The number of nitrogens with one attached hydrogen (secondary N) is 2. The Bertz CT molecular complexity index is 1640. The van der Waals surface area contributed by atoms with E-state index in [2.05, 4.69) is 26.2 Å². The Morgan fingerprint density at radius 3 is 2.44 bits per heavy atom. The number of aliphatic hydroxyl groups excluding tert-OH is 1. The fraction of sp³-hybridized carbons (Fsp3) is 0.200. The van der Waals surface area contributed by atoms with Crippen molar-refractivity contribution in [3.63, 3.8) is 0 Å². The van der Waals surface area contributed by atoms with Gasteiger partial charge in [-0.2, -0.15) is 0 Å². The molecule has 2 aromatic heterocycles. The van der Waals surface area contributed by atoms with Gasteiger partial charge in [0.15, 0.2) is 11.5 Å². The molecule has 0 saturated heterocycles. The number of nitrogens with zero attached hydrogens (tertiary/aromatic N) is 1. The zero-order valence-electron chi connectivity index (χ0n) is 21.7. The third kappa shape index (κ3) is 5.28. The van der Waals surface area contributed by atoms with Gasteiger partial charge in [0.1, 0.15) is 0 Å². The van der Waals surface area contributed by atoms with Gasteiger partial charge >= 0.3 is 0 Å². The van der Waals surface area contributed by atoms with Gasteiger partial charge in [0, 0.05) is 32.5 Å². The maximum Gasteiger partial charge on any atom is 0.252 e. The van der Waals surface area contributed by atoms with E-state index in [9.17, 15) is 9.90 Å². The summed E-state index contributed by atoms with van der Waals surface area (Å²) in [4.78, 5) is 21.8. The lowest BCUT2D eigenvalue weighted by atomic mass is 10.0. The maximum atomic E-state index is 13.7. The molecule has 0 saturated carbocycles. The highest BCUT2D eigenvalue weighted by molar-refractivity contribution is 9.10. The van der Waals surface area contributed by atoms with Crippen LogP contribution in [0.1, 0.15) is 15.9 Å². The number of hydrogen-bond acceptors (Lipinski definition) is 6. The number of aromatic amines is 1. The zero-order chi connectivity index (χ0) is 27.5. The van der Waals surface area contributed by atoms with Crippen LogP contribution < -0.4 is 19.5 Å². The van der Waals surface area contributed by atoms with Crippen molar-refractivity contribution in [3.8, 4) is 28.5 Å². The van der Waals surface area contributed by atoms with Gasteiger partial charge in [-0.3, -0.25) is 4.79 Å². The standard InChI is InChI=1S/C30H28BrN3O5/c1-37-27-11-17(12-28(38-2)29(27)39-3)26-14-23(22-13-19(31)8-9-25(22)34-26)30(36)33-20(16-35)10-18-15-32-24-7-5-4-6-21(18)24/h4-9,11-15,20,32,35H,10,16H2,1-3H3,(H,33,36). The number of amides is 1. The molecule has 2 heterocycles. The minimum absolute atomic E-state index is 0.211. The van der Waals surface area contributed by atoms with Crippen LogP contribution in [0.3, 0.4) is 0 Å². The average Bonchev–Trinajstić information content (AvgIpc) is 3.37. The molecular weight excluding hydrogens is 562 g/mol. The first kappa shape index (κ1) is 26.5. The number of rotatable bonds is 9. The van der Waals surface area contributed by atoms with Crippen molar-refractivity contribution < 1.29 is 24.1 Å². The Morgan fingerprint density at radius 1 is 1.00 bits per heavy atom. The molecule has 3 aromatic carbocycles. The summed E-state index contributed by atoms with van der Waals surface area (Å²) < 4.78 is 17.3. The fourth-order valence-electron chi connectivity index (χ4n) is 4.75. The Morgan fingerprint density at radius 2 is 1.74 bits per heavy atom. The number of halogens is 1. The molecule has 1 atom stereocenters. The number of methoxy groups -OCH3 is 3. The number of carbonyl (C=O) groups excluding carboxylic acids is 1. The molecule has 9 heteroatoms. The van der Waals surface area contributed by atoms with Crippen LogP contribution in [0.4, 0.5) is 0 Å².